The van der Waals surface area contributed by atoms with E-state index in [9.17, 15) is 14.4 Å². The number of fused-ring (bicyclic) bond motifs is 2. The summed E-state index contributed by atoms with van der Waals surface area (Å²) in [5, 5.41) is 0. The van der Waals surface area contributed by atoms with Crippen LogP contribution < -0.4 is 4.90 Å². The molecule has 26 heavy (non-hydrogen) atoms. The SMILES string of the molecule is CN1CCN(CC(=O)N2C(=O)C3CCCN3C(=O)c3ccccc32)CC1. The van der Waals surface area contributed by atoms with Crippen LogP contribution in [0.15, 0.2) is 24.3 Å². The molecule has 1 aromatic rings. The summed E-state index contributed by atoms with van der Waals surface area (Å²) in [6, 6.07) is 6.44. The van der Waals surface area contributed by atoms with E-state index in [1.807, 2.05) is 0 Å². The van der Waals surface area contributed by atoms with Crippen LogP contribution in [-0.4, -0.2) is 84.8 Å². The molecule has 4 rings (SSSR count). The Morgan fingerprint density at radius 1 is 1.08 bits per heavy atom. The van der Waals surface area contributed by atoms with Crippen LogP contribution in [0.3, 0.4) is 0 Å². The second-order valence-electron chi connectivity index (χ2n) is 7.32. The Bertz CT molecular complexity index is 742. The fraction of sp³-hybridized carbons (Fsp3) is 0.526. The minimum atomic E-state index is -0.522. The summed E-state index contributed by atoms with van der Waals surface area (Å²) >= 11 is 0. The number of para-hydroxylation sites is 1. The zero-order chi connectivity index (χ0) is 18.3. The van der Waals surface area contributed by atoms with Gasteiger partial charge in [-0.15, -0.1) is 0 Å². The first kappa shape index (κ1) is 17.2. The van der Waals surface area contributed by atoms with E-state index in [4.69, 9.17) is 0 Å². The molecule has 3 heterocycles. The third kappa shape index (κ3) is 2.91. The number of piperazine rings is 1. The van der Waals surface area contributed by atoms with Gasteiger partial charge in [-0.3, -0.25) is 19.3 Å². The summed E-state index contributed by atoms with van der Waals surface area (Å²) < 4.78 is 0. The Morgan fingerprint density at radius 3 is 2.58 bits per heavy atom. The smallest absolute Gasteiger partial charge is 0.256 e. The standard InChI is InChI=1S/C19H24N4O3/c1-20-9-11-21(12-10-20)13-17(24)23-15-6-3-2-5-14(15)18(25)22-8-4-7-16(22)19(23)26/h2-3,5-6,16H,4,7-13H2,1H3. The molecule has 3 aliphatic heterocycles. The Hall–Kier alpha value is -2.25. The van der Waals surface area contributed by atoms with Crippen LogP contribution in [0, 0.1) is 0 Å². The van der Waals surface area contributed by atoms with Gasteiger partial charge in [-0.25, -0.2) is 4.90 Å². The second kappa shape index (κ2) is 6.81. The van der Waals surface area contributed by atoms with E-state index in [-0.39, 0.29) is 24.3 Å². The van der Waals surface area contributed by atoms with Gasteiger partial charge in [0.05, 0.1) is 17.8 Å². The van der Waals surface area contributed by atoms with Gasteiger partial charge >= 0.3 is 0 Å². The molecule has 7 nitrogen and oxygen atoms in total. The maximum Gasteiger partial charge on any atom is 0.256 e. The molecule has 0 bridgehead atoms. The van der Waals surface area contributed by atoms with Gasteiger partial charge < -0.3 is 9.80 Å². The first-order chi connectivity index (χ1) is 12.6. The number of rotatable bonds is 2. The summed E-state index contributed by atoms with van der Waals surface area (Å²) in [4.78, 5) is 46.3. The highest BCUT2D eigenvalue weighted by Crippen LogP contribution is 2.32. The van der Waals surface area contributed by atoms with Crippen molar-refractivity contribution in [3.8, 4) is 0 Å². The molecule has 1 atom stereocenters. The topological polar surface area (TPSA) is 64.2 Å². The zero-order valence-corrected chi connectivity index (χ0v) is 15.1. The second-order valence-corrected chi connectivity index (χ2v) is 7.32. The molecule has 7 heteroatoms. The Kier molecular flexibility index (Phi) is 4.50. The van der Waals surface area contributed by atoms with Crippen molar-refractivity contribution in [2.75, 3.05) is 51.2 Å². The molecule has 1 unspecified atom stereocenters. The molecule has 3 aliphatic rings. The van der Waals surface area contributed by atoms with Crippen LogP contribution in [0.25, 0.3) is 0 Å². The van der Waals surface area contributed by atoms with Crippen molar-refractivity contribution in [3.63, 3.8) is 0 Å². The normalized spacial score (nSPS) is 24.4. The van der Waals surface area contributed by atoms with Crippen LogP contribution in [-0.2, 0) is 9.59 Å². The monoisotopic (exact) mass is 356 g/mol. The molecule has 1 aromatic carbocycles. The first-order valence-electron chi connectivity index (χ1n) is 9.24. The van der Waals surface area contributed by atoms with E-state index < -0.39 is 6.04 Å². The number of amides is 3. The molecule has 0 aliphatic carbocycles. The molecular weight excluding hydrogens is 332 g/mol. The lowest BCUT2D eigenvalue weighted by molar-refractivity contribution is -0.129. The summed E-state index contributed by atoms with van der Waals surface area (Å²) in [5.74, 6) is -0.653. The molecule has 2 saturated heterocycles. The van der Waals surface area contributed by atoms with Crippen molar-refractivity contribution >= 4 is 23.4 Å². The number of hydrogen-bond donors (Lipinski definition) is 0. The summed E-state index contributed by atoms with van der Waals surface area (Å²) in [6.45, 7) is 4.21. The highest BCUT2D eigenvalue weighted by atomic mass is 16.2. The average molecular weight is 356 g/mol. The third-order valence-electron chi connectivity index (χ3n) is 5.60. The van der Waals surface area contributed by atoms with Crippen molar-refractivity contribution in [2.45, 2.75) is 18.9 Å². The Balaban J connectivity index is 1.64. The maximum atomic E-state index is 13.2. The lowest BCUT2D eigenvalue weighted by Crippen LogP contribution is -2.52. The van der Waals surface area contributed by atoms with Crippen LogP contribution >= 0.6 is 0 Å². The third-order valence-corrected chi connectivity index (χ3v) is 5.60. The van der Waals surface area contributed by atoms with Gasteiger partial charge in [0, 0.05) is 32.7 Å². The van der Waals surface area contributed by atoms with Gasteiger partial charge in [-0.05, 0) is 32.0 Å². The zero-order valence-electron chi connectivity index (χ0n) is 15.1. The maximum absolute atomic E-state index is 13.2. The number of carbonyl (C=O) groups excluding carboxylic acids is 3. The van der Waals surface area contributed by atoms with E-state index in [0.29, 0.717) is 24.2 Å². The fourth-order valence-corrected chi connectivity index (χ4v) is 4.06. The average Bonchev–Trinajstić information content (AvgIpc) is 3.10. The number of imide groups is 1. The van der Waals surface area contributed by atoms with Gasteiger partial charge in [-0.1, -0.05) is 12.1 Å². The van der Waals surface area contributed by atoms with Crippen LogP contribution in [0.2, 0.25) is 0 Å². The summed E-state index contributed by atoms with van der Waals surface area (Å²) in [6.07, 6.45) is 1.42. The first-order valence-corrected chi connectivity index (χ1v) is 9.24. The van der Waals surface area contributed by atoms with Gasteiger partial charge in [0.2, 0.25) is 5.91 Å². The van der Waals surface area contributed by atoms with Crippen LogP contribution in [0.5, 0.6) is 0 Å². The van der Waals surface area contributed by atoms with Crippen LogP contribution in [0.4, 0.5) is 5.69 Å². The van der Waals surface area contributed by atoms with Crippen molar-refractivity contribution < 1.29 is 14.4 Å². The molecular formula is C19H24N4O3. The number of carbonyl (C=O) groups is 3. The lowest BCUT2D eigenvalue weighted by atomic mass is 10.1. The van der Waals surface area contributed by atoms with E-state index >= 15 is 0 Å². The van der Waals surface area contributed by atoms with E-state index in [0.717, 1.165) is 32.6 Å². The predicted octanol–water partition coefficient (Wildman–Crippen LogP) is 0.412. The van der Waals surface area contributed by atoms with Crippen LogP contribution in [0.1, 0.15) is 23.2 Å². The molecule has 0 radical (unpaired) electrons. The van der Waals surface area contributed by atoms with Crippen molar-refractivity contribution in [2.24, 2.45) is 0 Å². The highest BCUT2D eigenvalue weighted by molar-refractivity contribution is 6.22. The molecule has 138 valence electrons. The molecule has 0 N–H and O–H groups in total. The van der Waals surface area contributed by atoms with E-state index in [1.165, 1.54) is 4.90 Å². The van der Waals surface area contributed by atoms with Crippen molar-refractivity contribution in [1.82, 2.24) is 14.7 Å². The number of hydrogen-bond acceptors (Lipinski definition) is 5. The fourth-order valence-electron chi connectivity index (χ4n) is 4.06. The number of likely N-dealkylation sites (N-methyl/N-ethyl adjacent to an activating group) is 1. The highest BCUT2D eigenvalue weighted by Gasteiger charge is 2.44. The predicted molar refractivity (Wildman–Crippen MR) is 96.9 cm³/mol. The van der Waals surface area contributed by atoms with Gasteiger partial charge in [-0.2, -0.15) is 0 Å². The van der Waals surface area contributed by atoms with E-state index in [1.54, 1.807) is 29.2 Å². The molecule has 0 aromatic heterocycles. The quantitative estimate of drug-likeness (QED) is 0.768. The van der Waals surface area contributed by atoms with Gasteiger partial charge in [0.15, 0.2) is 0 Å². The molecule has 3 amide bonds. The summed E-state index contributed by atoms with van der Waals surface area (Å²) in [7, 11) is 2.06. The van der Waals surface area contributed by atoms with Gasteiger partial charge in [0.25, 0.3) is 11.8 Å². The van der Waals surface area contributed by atoms with E-state index in [2.05, 4.69) is 16.8 Å². The number of nitrogens with zero attached hydrogens (tertiary/aromatic N) is 4. The van der Waals surface area contributed by atoms with Gasteiger partial charge in [0.1, 0.15) is 6.04 Å². The number of benzene rings is 1. The Labute approximate surface area is 153 Å². The minimum absolute atomic E-state index is 0.147. The summed E-state index contributed by atoms with van der Waals surface area (Å²) in [5.41, 5.74) is 0.869. The lowest BCUT2D eigenvalue weighted by Gasteiger charge is -2.33. The molecule has 0 saturated carbocycles. The molecule has 2 fully saturated rings. The Morgan fingerprint density at radius 2 is 1.81 bits per heavy atom. The largest absolute Gasteiger partial charge is 0.327 e. The van der Waals surface area contributed by atoms with Crippen molar-refractivity contribution in [3.05, 3.63) is 29.8 Å². The molecule has 0 spiro atoms. The number of anilines is 1. The minimum Gasteiger partial charge on any atom is -0.327 e. The van der Waals surface area contributed by atoms with Crippen molar-refractivity contribution in [1.29, 1.82) is 0 Å².